The van der Waals surface area contributed by atoms with Crippen molar-refractivity contribution in [2.24, 2.45) is 11.3 Å². The molecule has 1 fully saturated rings. The molecule has 1 saturated carbocycles. The molecular weight excluding hydrogens is 188 g/mol. The zero-order valence-corrected chi connectivity index (χ0v) is 9.78. The van der Waals surface area contributed by atoms with Gasteiger partial charge in [0.05, 0.1) is 13.2 Å². The number of rotatable bonds is 2. The first-order valence-electron chi connectivity index (χ1n) is 5.27. The predicted octanol–water partition coefficient (Wildman–Crippen LogP) is 2.22. The second-order valence-corrected chi connectivity index (χ2v) is 4.02. The summed E-state index contributed by atoms with van der Waals surface area (Å²) in [5, 5.41) is 18.2. The molecule has 0 bridgehead atoms. The zero-order valence-electron chi connectivity index (χ0n) is 9.78. The Morgan fingerprint density at radius 2 is 1.73 bits per heavy atom. The van der Waals surface area contributed by atoms with Crippen LogP contribution in [0.4, 0.5) is 0 Å². The average Bonchev–Trinajstić information content (AvgIpc) is 2.34. The molecule has 0 saturated heterocycles. The van der Waals surface area contributed by atoms with Crippen molar-refractivity contribution in [3.8, 4) is 12.8 Å². The lowest BCUT2D eigenvalue weighted by Gasteiger charge is -2.36. The number of aliphatic hydroxyl groups is 2. The molecule has 0 aliphatic heterocycles. The van der Waals surface area contributed by atoms with Crippen molar-refractivity contribution >= 4 is 0 Å². The summed E-state index contributed by atoms with van der Waals surface area (Å²) in [5.74, 6) is 0.669. The molecule has 1 rings (SSSR count). The number of hydrogen-bond donors (Lipinski definition) is 2. The van der Waals surface area contributed by atoms with Crippen molar-refractivity contribution < 1.29 is 10.2 Å². The Morgan fingerprint density at radius 1 is 1.27 bits per heavy atom. The lowest BCUT2D eigenvalue weighted by Crippen LogP contribution is -2.34. The van der Waals surface area contributed by atoms with Crippen LogP contribution in [-0.2, 0) is 0 Å². The van der Waals surface area contributed by atoms with Crippen LogP contribution in [-0.4, -0.2) is 23.4 Å². The Balaban J connectivity index is 0. The maximum absolute atomic E-state index is 9.10. The first-order chi connectivity index (χ1) is 7.22. The summed E-state index contributed by atoms with van der Waals surface area (Å²) in [4.78, 5) is 0. The molecule has 0 unspecified atom stereocenters. The third-order valence-electron chi connectivity index (χ3n) is 2.86. The van der Waals surface area contributed by atoms with Crippen LogP contribution in [0.5, 0.6) is 0 Å². The fourth-order valence-electron chi connectivity index (χ4n) is 2.11. The van der Waals surface area contributed by atoms with Gasteiger partial charge in [-0.1, -0.05) is 19.8 Å². The Labute approximate surface area is 94.0 Å². The predicted molar refractivity (Wildman–Crippen MR) is 65.4 cm³/mol. The highest BCUT2D eigenvalue weighted by molar-refractivity contribution is 4.83. The maximum atomic E-state index is 9.10. The van der Waals surface area contributed by atoms with E-state index in [9.17, 15) is 0 Å². The third-order valence-corrected chi connectivity index (χ3v) is 2.86. The molecule has 0 heterocycles. The molecule has 1 atom stereocenters. The smallest absolute Gasteiger partial charge is 0.0509 e. The van der Waals surface area contributed by atoms with E-state index in [0.29, 0.717) is 5.92 Å². The van der Waals surface area contributed by atoms with Gasteiger partial charge < -0.3 is 10.2 Å². The van der Waals surface area contributed by atoms with Crippen LogP contribution in [0.15, 0.2) is 13.2 Å². The molecule has 0 radical (unpaired) electrons. The molecular formula is C13H24O2. The molecule has 2 N–H and O–H groups in total. The van der Waals surface area contributed by atoms with Crippen LogP contribution >= 0.6 is 0 Å². The normalized spacial score (nSPS) is 22.6. The van der Waals surface area contributed by atoms with Crippen molar-refractivity contribution in [2.75, 3.05) is 13.2 Å². The van der Waals surface area contributed by atoms with E-state index < -0.39 is 0 Å². The van der Waals surface area contributed by atoms with Crippen molar-refractivity contribution in [3.63, 3.8) is 0 Å². The van der Waals surface area contributed by atoms with E-state index >= 15 is 0 Å². The molecule has 0 amide bonds. The SMILES string of the molecule is C#C.C=C.C[C@@H]1CCCC(CO)(CO)C1. The van der Waals surface area contributed by atoms with Gasteiger partial charge in [-0.3, -0.25) is 0 Å². The van der Waals surface area contributed by atoms with E-state index in [0.717, 1.165) is 19.3 Å². The van der Waals surface area contributed by atoms with Crippen molar-refractivity contribution in [2.45, 2.75) is 32.6 Å². The van der Waals surface area contributed by atoms with Crippen molar-refractivity contribution in [3.05, 3.63) is 13.2 Å². The van der Waals surface area contributed by atoms with E-state index in [1.54, 1.807) is 0 Å². The van der Waals surface area contributed by atoms with Crippen LogP contribution < -0.4 is 0 Å². The van der Waals surface area contributed by atoms with E-state index in [-0.39, 0.29) is 18.6 Å². The first-order valence-corrected chi connectivity index (χ1v) is 5.27. The van der Waals surface area contributed by atoms with Gasteiger partial charge in [-0.15, -0.1) is 26.0 Å². The summed E-state index contributed by atoms with van der Waals surface area (Å²) in [6.45, 7) is 8.49. The van der Waals surface area contributed by atoms with Gasteiger partial charge in [0.25, 0.3) is 0 Å². The van der Waals surface area contributed by atoms with Crippen LogP contribution in [0.25, 0.3) is 0 Å². The summed E-state index contributed by atoms with van der Waals surface area (Å²) < 4.78 is 0. The minimum atomic E-state index is -0.155. The number of aliphatic hydroxyl groups excluding tert-OH is 2. The lowest BCUT2D eigenvalue weighted by molar-refractivity contribution is 0.00769. The first kappa shape index (κ1) is 16.6. The summed E-state index contributed by atoms with van der Waals surface area (Å²) in [6.07, 6.45) is 12.4. The molecule has 15 heavy (non-hydrogen) atoms. The quantitative estimate of drug-likeness (QED) is 0.544. The summed E-state index contributed by atoms with van der Waals surface area (Å²) >= 11 is 0. The second kappa shape index (κ2) is 9.76. The molecule has 0 aromatic rings. The molecule has 1 aliphatic carbocycles. The molecule has 2 nitrogen and oxygen atoms in total. The van der Waals surface area contributed by atoms with E-state index in [1.165, 1.54) is 6.42 Å². The lowest BCUT2D eigenvalue weighted by atomic mass is 9.71. The molecule has 1 aliphatic rings. The minimum absolute atomic E-state index is 0.147. The summed E-state index contributed by atoms with van der Waals surface area (Å²) in [7, 11) is 0. The zero-order chi connectivity index (χ0) is 12.3. The van der Waals surface area contributed by atoms with Crippen molar-refractivity contribution in [1.82, 2.24) is 0 Å². The number of terminal acetylenes is 1. The third kappa shape index (κ3) is 5.61. The monoisotopic (exact) mass is 212 g/mol. The standard InChI is InChI=1S/C9H18O2.C2H4.C2H2/c1-8-3-2-4-9(5-8,6-10)7-11;2*1-2/h8,10-11H,2-7H2,1H3;1-2H2;1-2H/t8-;;/m1../s1. The number of hydrogen-bond acceptors (Lipinski definition) is 2. The Kier molecular flexibility index (Phi) is 10.8. The summed E-state index contributed by atoms with van der Waals surface area (Å²) in [5.41, 5.74) is -0.155. The molecule has 88 valence electrons. The van der Waals surface area contributed by atoms with Gasteiger partial charge in [0, 0.05) is 5.41 Å². The molecule has 0 aromatic carbocycles. The van der Waals surface area contributed by atoms with Gasteiger partial charge in [-0.2, -0.15) is 0 Å². The minimum Gasteiger partial charge on any atom is -0.396 e. The maximum Gasteiger partial charge on any atom is 0.0509 e. The van der Waals surface area contributed by atoms with Crippen LogP contribution in [0.1, 0.15) is 32.6 Å². The highest BCUT2D eigenvalue weighted by atomic mass is 16.3. The summed E-state index contributed by atoms with van der Waals surface area (Å²) in [6, 6.07) is 0. The van der Waals surface area contributed by atoms with Crippen LogP contribution in [0.2, 0.25) is 0 Å². The fourth-order valence-corrected chi connectivity index (χ4v) is 2.11. The largest absolute Gasteiger partial charge is 0.396 e. The van der Waals surface area contributed by atoms with Gasteiger partial charge in [0.15, 0.2) is 0 Å². The molecule has 2 heteroatoms. The van der Waals surface area contributed by atoms with E-state index in [1.807, 2.05) is 0 Å². The van der Waals surface area contributed by atoms with Gasteiger partial charge >= 0.3 is 0 Å². The van der Waals surface area contributed by atoms with E-state index in [2.05, 4.69) is 32.9 Å². The van der Waals surface area contributed by atoms with Gasteiger partial charge in [-0.25, -0.2) is 0 Å². The highest BCUT2D eigenvalue weighted by Crippen LogP contribution is 2.38. The topological polar surface area (TPSA) is 40.5 Å². The van der Waals surface area contributed by atoms with Gasteiger partial charge in [0.2, 0.25) is 0 Å². The average molecular weight is 212 g/mol. The Morgan fingerprint density at radius 3 is 2.00 bits per heavy atom. The van der Waals surface area contributed by atoms with Gasteiger partial charge in [-0.05, 0) is 18.8 Å². The van der Waals surface area contributed by atoms with Crippen LogP contribution in [0, 0.1) is 24.2 Å². The Bertz CT molecular complexity index is 159. The molecule has 0 spiro atoms. The fraction of sp³-hybridized carbons (Fsp3) is 0.692. The highest BCUT2D eigenvalue weighted by Gasteiger charge is 2.33. The van der Waals surface area contributed by atoms with Crippen molar-refractivity contribution in [1.29, 1.82) is 0 Å². The van der Waals surface area contributed by atoms with Gasteiger partial charge in [0.1, 0.15) is 0 Å². The van der Waals surface area contributed by atoms with E-state index in [4.69, 9.17) is 10.2 Å². The van der Waals surface area contributed by atoms with Crippen LogP contribution in [0.3, 0.4) is 0 Å². The Hall–Kier alpha value is -0.780. The second-order valence-electron chi connectivity index (χ2n) is 4.02. The molecule has 0 aromatic heterocycles.